The van der Waals surface area contributed by atoms with E-state index in [1.54, 1.807) is 6.92 Å². The molecule has 0 aliphatic carbocycles. The van der Waals surface area contributed by atoms with Crippen molar-refractivity contribution in [2.24, 2.45) is 5.92 Å². The lowest BCUT2D eigenvalue weighted by atomic mass is 10.1. The third-order valence-corrected chi connectivity index (χ3v) is 3.63. The molecule has 108 valence electrons. The second-order valence-corrected chi connectivity index (χ2v) is 5.19. The van der Waals surface area contributed by atoms with Gasteiger partial charge >= 0.3 is 12.0 Å². The van der Waals surface area contributed by atoms with Crippen molar-refractivity contribution in [1.29, 1.82) is 0 Å². The highest BCUT2D eigenvalue weighted by atomic mass is 35.5. The average molecular weight is 301 g/mol. The van der Waals surface area contributed by atoms with Gasteiger partial charge in [-0.25, -0.2) is 9.18 Å². The number of benzene rings is 1. The van der Waals surface area contributed by atoms with E-state index in [4.69, 9.17) is 16.7 Å². The number of carbonyl (C=O) groups is 2. The Bertz CT molecular complexity index is 565. The zero-order valence-corrected chi connectivity index (χ0v) is 11.6. The summed E-state index contributed by atoms with van der Waals surface area (Å²) in [7, 11) is 0. The fraction of sp³-hybridized carbons (Fsp3) is 0.385. The molecular weight excluding hydrogens is 287 g/mol. The molecule has 5 nitrogen and oxygen atoms in total. The Kier molecular flexibility index (Phi) is 4.13. The molecule has 0 spiro atoms. The number of halogens is 2. The van der Waals surface area contributed by atoms with Crippen molar-refractivity contribution in [2.75, 3.05) is 18.4 Å². The number of aliphatic carboxylic acids is 1. The summed E-state index contributed by atoms with van der Waals surface area (Å²) in [6.45, 7) is 2.11. The van der Waals surface area contributed by atoms with Crippen LogP contribution >= 0.6 is 11.6 Å². The molecule has 1 aliphatic rings. The average Bonchev–Trinajstić information content (AvgIpc) is 2.85. The first-order valence-electron chi connectivity index (χ1n) is 6.13. The van der Waals surface area contributed by atoms with E-state index in [1.165, 1.54) is 11.0 Å². The monoisotopic (exact) mass is 300 g/mol. The molecule has 0 aromatic heterocycles. The third-order valence-electron chi connectivity index (χ3n) is 3.31. The van der Waals surface area contributed by atoms with Crippen LogP contribution in [0.25, 0.3) is 0 Å². The highest BCUT2D eigenvalue weighted by Crippen LogP contribution is 2.26. The number of carboxylic acid groups (broad SMARTS) is 1. The van der Waals surface area contributed by atoms with E-state index in [0.717, 1.165) is 6.07 Å². The predicted molar refractivity (Wildman–Crippen MR) is 72.5 cm³/mol. The summed E-state index contributed by atoms with van der Waals surface area (Å²) in [6, 6.07) is 2.15. The normalized spacial score (nSPS) is 18.1. The van der Waals surface area contributed by atoms with Crippen molar-refractivity contribution in [3.8, 4) is 0 Å². The minimum absolute atomic E-state index is 0.107. The topological polar surface area (TPSA) is 69.6 Å². The second kappa shape index (κ2) is 5.66. The maximum absolute atomic E-state index is 13.3. The number of nitrogens with zero attached hydrogens (tertiary/aromatic N) is 1. The van der Waals surface area contributed by atoms with Crippen molar-refractivity contribution in [3.05, 3.63) is 28.5 Å². The molecule has 7 heteroatoms. The van der Waals surface area contributed by atoms with Crippen molar-refractivity contribution in [2.45, 2.75) is 13.3 Å². The molecule has 2 rings (SSSR count). The molecular formula is C13H14ClFN2O3. The van der Waals surface area contributed by atoms with E-state index in [9.17, 15) is 14.0 Å². The van der Waals surface area contributed by atoms with Crippen LogP contribution in [0.3, 0.4) is 0 Å². The van der Waals surface area contributed by atoms with Gasteiger partial charge in [0.15, 0.2) is 0 Å². The highest BCUT2D eigenvalue weighted by molar-refractivity contribution is 6.33. The fourth-order valence-electron chi connectivity index (χ4n) is 2.09. The summed E-state index contributed by atoms with van der Waals surface area (Å²) < 4.78 is 13.3. The molecule has 1 unspecified atom stereocenters. The van der Waals surface area contributed by atoms with Gasteiger partial charge in [-0.1, -0.05) is 11.6 Å². The van der Waals surface area contributed by atoms with Crippen LogP contribution in [-0.4, -0.2) is 35.1 Å². The first-order chi connectivity index (χ1) is 9.38. The van der Waals surface area contributed by atoms with Crippen LogP contribution in [0.4, 0.5) is 14.9 Å². The number of amides is 2. The van der Waals surface area contributed by atoms with Crippen molar-refractivity contribution in [1.82, 2.24) is 4.90 Å². The Morgan fingerprint density at radius 1 is 1.50 bits per heavy atom. The van der Waals surface area contributed by atoms with Crippen LogP contribution in [0.2, 0.25) is 5.02 Å². The van der Waals surface area contributed by atoms with Gasteiger partial charge in [-0.05, 0) is 31.0 Å². The number of carboxylic acids is 1. The van der Waals surface area contributed by atoms with Crippen molar-refractivity contribution in [3.63, 3.8) is 0 Å². The summed E-state index contributed by atoms with van der Waals surface area (Å²) in [6.07, 6.45) is 0.429. The van der Waals surface area contributed by atoms with E-state index in [-0.39, 0.29) is 11.6 Å². The van der Waals surface area contributed by atoms with E-state index in [0.29, 0.717) is 24.2 Å². The Balaban J connectivity index is 2.06. The lowest BCUT2D eigenvalue weighted by Gasteiger charge is -2.17. The van der Waals surface area contributed by atoms with E-state index in [1.807, 2.05) is 0 Å². The Morgan fingerprint density at radius 3 is 2.80 bits per heavy atom. The SMILES string of the molecule is Cc1cc(NC(=O)N2CCC(C(=O)O)C2)c(Cl)cc1F. The first-order valence-corrected chi connectivity index (χ1v) is 6.50. The van der Waals surface area contributed by atoms with Gasteiger partial charge < -0.3 is 15.3 Å². The molecule has 1 aliphatic heterocycles. The number of likely N-dealkylation sites (tertiary alicyclic amines) is 1. The van der Waals surface area contributed by atoms with Crippen LogP contribution in [0.5, 0.6) is 0 Å². The molecule has 1 saturated heterocycles. The number of rotatable bonds is 2. The van der Waals surface area contributed by atoms with Crippen LogP contribution in [0.15, 0.2) is 12.1 Å². The van der Waals surface area contributed by atoms with E-state index in [2.05, 4.69) is 5.32 Å². The molecule has 0 bridgehead atoms. The molecule has 0 radical (unpaired) electrons. The second-order valence-electron chi connectivity index (χ2n) is 4.78. The Labute approximate surface area is 120 Å². The quantitative estimate of drug-likeness (QED) is 0.882. The maximum atomic E-state index is 13.3. The molecule has 2 N–H and O–H groups in total. The summed E-state index contributed by atoms with van der Waals surface area (Å²) >= 11 is 5.86. The van der Waals surface area contributed by atoms with Gasteiger partial charge in [-0.2, -0.15) is 0 Å². The highest BCUT2D eigenvalue weighted by Gasteiger charge is 2.31. The number of carbonyl (C=O) groups excluding carboxylic acids is 1. The van der Waals surface area contributed by atoms with E-state index < -0.39 is 23.7 Å². The lowest BCUT2D eigenvalue weighted by Crippen LogP contribution is -2.33. The molecule has 20 heavy (non-hydrogen) atoms. The molecule has 1 heterocycles. The maximum Gasteiger partial charge on any atom is 0.321 e. The molecule has 1 fully saturated rings. The standard InChI is InChI=1S/C13H14ClFN2O3/c1-7-4-11(9(14)5-10(7)15)16-13(20)17-3-2-8(6-17)12(18)19/h4-5,8H,2-3,6H2,1H3,(H,16,20)(H,18,19). The van der Waals surface area contributed by atoms with Gasteiger partial charge in [0.2, 0.25) is 0 Å². The van der Waals surface area contributed by atoms with Crippen molar-refractivity contribution < 1.29 is 19.1 Å². The molecule has 1 atom stereocenters. The minimum atomic E-state index is -0.907. The molecule has 1 aromatic rings. The van der Waals surface area contributed by atoms with Crippen LogP contribution in [0.1, 0.15) is 12.0 Å². The largest absolute Gasteiger partial charge is 0.481 e. The third kappa shape index (κ3) is 3.01. The van der Waals surface area contributed by atoms with Crippen molar-refractivity contribution >= 4 is 29.3 Å². The zero-order valence-electron chi connectivity index (χ0n) is 10.8. The van der Waals surface area contributed by atoms with Gasteiger partial charge in [0.05, 0.1) is 16.6 Å². The summed E-state index contributed by atoms with van der Waals surface area (Å²) in [5.74, 6) is -1.89. The Morgan fingerprint density at radius 2 is 2.20 bits per heavy atom. The smallest absolute Gasteiger partial charge is 0.321 e. The molecule has 0 saturated carbocycles. The number of aryl methyl sites for hydroxylation is 1. The van der Waals surface area contributed by atoms with E-state index >= 15 is 0 Å². The van der Waals surface area contributed by atoms with Gasteiger partial charge in [0, 0.05) is 13.1 Å². The number of anilines is 1. The Hall–Kier alpha value is -1.82. The molecule has 1 aromatic carbocycles. The number of urea groups is 1. The van der Waals surface area contributed by atoms with Crippen LogP contribution in [0, 0.1) is 18.7 Å². The summed E-state index contributed by atoms with van der Waals surface area (Å²) in [5, 5.41) is 11.6. The van der Waals surface area contributed by atoms with Crippen LogP contribution in [-0.2, 0) is 4.79 Å². The number of hydrogen-bond donors (Lipinski definition) is 2. The fourth-order valence-corrected chi connectivity index (χ4v) is 2.29. The predicted octanol–water partition coefficient (Wildman–Crippen LogP) is 2.73. The van der Waals surface area contributed by atoms with Gasteiger partial charge in [0.25, 0.3) is 0 Å². The number of hydrogen-bond acceptors (Lipinski definition) is 2. The zero-order chi connectivity index (χ0) is 14.9. The van der Waals surface area contributed by atoms with Crippen LogP contribution < -0.4 is 5.32 Å². The summed E-state index contributed by atoms with van der Waals surface area (Å²) in [4.78, 5) is 24.3. The lowest BCUT2D eigenvalue weighted by molar-refractivity contribution is -0.141. The molecule has 2 amide bonds. The first kappa shape index (κ1) is 14.6. The van der Waals surface area contributed by atoms with Gasteiger partial charge in [-0.3, -0.25) is 4.79 Å². The van der Waals surface area contributed by atoms with Gasteiger partial charge in [0.1, 0.15) is 5.82 Å². The minimum Gasteiger partial charge on any atom is -0.481 e. The number of nitrogens with one attached hydrogen (secondary N) is 1. The summed E-state index contributed by atoms with van der Waals surface area (Å²) in [5.41, 5.74) is 0.684. The van der Waals surface area contributed by atoms with Gasteiger partial charge in [-0.15, -0.1) is 0 Å².